The van der Waals surface area contributed by atoms with Crippen LogP contribution in [-0.4, -0.2) is 47.0 Å². The number of rotatable bonds is 3. The third-order valence-electron chi connectivity index (χ3n) is 4.94. The van der Waals surface area contributed by atoms with Gasteiger partial charge in [0.1, 0.15) is 0 Å². The van der Waals surface area contributed by atoms with E-state index in [-0.39, 0.29) is 0 Å². The maximum atomic E-state index is 4.44. The summed E-state index contributed by atoms with van der Waals surface area (Å²) in [6, 6.07) is 7.07. The predicted octanol–water partition coefficient (Wildman–Crippen LogP) is 2.78. The standard InChI is InChI=1S/C17H27N3/c1-15-5-4-7-17(13-15)20-11-9-19(10-12-20)14-16-6-2-3-8-18-16/h2-3,6,8,15,17H,4-5,7,9-14H2,1H3/t15-,17-/m1/s1. The third kappa shape index (κ3) is 3.58. The first-order chi connectivity index (χ1) is 9.81. The molecule has 1 aliphatic heterocycles. The summed E-state index contributed by atoms with van der Waals surface area (Å²) in [5.41, 5.74) is 1.20. The van der Waals surface area contributed by atoms with E-state index in [1.54, 1.807) is 0 Å². The summed E-state index contributed by atoms with van der Waals surface area (Å²) < 4.78 is 0. The zero-order chi connectivity index (χ0) is 13.8. The lowest BCUT2D eigenvalue weighted by Crippen LogP contribution is -2.51. The Bertz CT molecular complexity index is 398. The van der Waals surface area contributed by atoms with Crippen LogP contribution in [0.2, 0.25) is 0 Å². The number of nitrogens with zero attached hydrogens (tertiary/aromatic N) is 3. The van der Waals surface area contributed by atoms with E-state index in [4.69, 9.17) is 0 Å². The van der Waals surface area contributed by atoms with Gasteiger partial charge in [0.05, 0.1) is 5.69 Å². The highest BCUT2D eigenvalue weighted by Crippen LogP contribution is 2.27. The molecule has 2 heterocycles. The molecule has 2 atom stereocenters. The summed E-state index contributed by atoms with van der Waals surface area (Å²) >= 11 is 0. The lowest BCUT2D eigenvalue weighted by Gasteiger charge is -2.42. The largest absolute Gasteiger partial charge is 0.298 e. The minimum absolute atomic E-state index is 0.857. The van der Waals surface area contributed by atoms with Crippen molar-refractivity contribution in [3.8, 4) is 0 Å². The predicted molar refractivity (Wildman–Crippen MR) is 82.5 cm³/mol. The smallest absolute Gasteiger partial charge is 0.0543 e. The number of pyridine rings is 1. The molecule has 0 spiro atoms. The molecule has 20 heavy (non-hydrogen) atoms. The van der Waals surface area contributed by atoms with Gasteiger partial charge >= 0.3 is 0 Å². The van der Waals surface area contributed by atoms with Crippen molar-refractivity contribution in [2.75, 3.05) is 26.2 Å². The molecule has 1 saturated heterocycles. The first-order valence-electron chi connectivity index (χ1n) is 8.17. The van der Waals surface area contributed by atoms with E-state index in [0.717, 1.165) is 18.5 Å². The quantitative estimate of drug-likeness (QED) is 0.844. The zero-order valence-electron chi connectivity index (χ0n) is 12.7. The van der Waals surface area contributed by atoms with Crippen molar-refractivity contribution in [2.45, 2.75) is 45.2 Å². The summed E-state index contributed by atoms with van der Waals surface area (Å²) in [6.45, 7) is 8.30. The van der Waals surface area contributed by atoms with Crippen molar-refractivity contribution in [3.05, 3.63) is 30.1 Å². The van der Waals surface area contributed by atoms with Gasteiger partial charge in [0.15, 0.2) is 0 Å². The summed E-state index contributed by atoms with van der Waals surface area (Å²) in [5, 5.41) is 0. The highest BCUT2D eigenvalue weighted by atomic mass is 15.3. The Balaban J connectivity index is 1.47. The Morgan fingerprint density at radius 2 is 2.00 bits per heavy atom. The van der Waals surface area contributed by atoms with E-state index in [1.165, 1.54) is 57.6 Å². The molecule has 0 radical (unpaired) electrons. The first kappa shape index (κ1) is 14.0. The van der Waals surface area contributed by atoms with Gasteiger partial charge in [-0.3, -0.25) is 14.8 Å². The van der Waals surface area contributed by atoms with Crippen LogP contribution < -0.4 is 0 Å². The molecule has 0 unspecified atom stereocenters. The van der Waals surface area contributed by atoms with Crippen LogP contribution in [0.25, 0.3) is 0 Å². The van der Waals surface area contributed by atoms with Crippen molar-refractivity contribution < 1.29 is 0 Å². The van der Waals surface area contributed by atoms with E-state index < -0.39 is 0 Å². The second kappa shape index (κ2) is 6.68. The average molecular weight is 273 g/mol. The normalized spacial score (nSPS) is 29.4. The van der Waals surface area contributed by atoms with E-state index in [9.17, 15) is 0 Å². The van der Waals surface area contributed by atoms with Crippen LogP contribution in [0.1, 0.15) is 38.3 Å². The third-order valence-corrected chi connectivity index (χ3v) is 4.94. The van der Waals surface area contributed by atoms with Crippen LogP contribution in [0, 0.1) is 5.92 Å². The van der Waals surface area contributed by atoms with Crippen LogP contribution in [0.5, 0.6) is 0 Å². The molecule has 3 rings (SSSR count). The van der Waals surface area contributed by atoms with Crippen molar-refractivity contribution in [1.29, 1.82) is 0 Å². The van der Waals surface area contributed by atoms with Crippen molar-refractivity contribution in [1.82, 2.24) is 14.8 Å². The summed E-state index contributed by atoms with van der Waals surface area (Å²) in [6.07, 6.45) is 7.61. The van der Waals surface area contributed by atoms with E-state index in [1.807, 2.05) is 12.3 Å². The molecule has 1 aromatic heterocycles. The van der Waals surface area contributed by atoms with E-state index in [2.05, 4.69) is 33.8 Å². The molecular weight excluding hydrogens is 246 g/mol. The maximum absolute atomic E-state index is 4.44. The zero-order valence-corrected chi connectivity index (χ0v) is 12.7. The Morgan fingerprint density at radius 3 is 2.70 bits per heavy atom. The van der Waals surface area contributed by atoms with Crippen LogP contribution in [0.4, 0.5) is 0 Å². The van der Waals surface area contributed by atoms with Gasteiger partial charge in [-0.05, 0) is 30.9 Å². The van der Waals surface area contributed by atoms with Gasteiger partial charge in [0.2, 0.25) is 0 Å². The molecule has 1 aromatic rings. The Labute approximate surface area is 123 Å². The number of aromatic nitrogens is 1. The molecule has 2 aliphatic rings. The fourth-order valence-electron chi connectivity index (χ4n) is 3.74. The minimum Gasteiger partial charge on any atom is -0.298 e. The van der Waals surface area contributed by atoms with Crippen molar-refractivity contribution in [3.63, 3.8) is 0 Å². The summed E-state index contributed by atoms with van der Waals surface area (Å²) in [7, 11) is 0. The number of hydrogen-bond donors (Lipinski definition) is 0. The topological polar surface area (TPSA) is 19.4 Å². The van der Waals surface area contributed by atoms with E-state index >= 15 is 0 Å². The first-order valence-corrected chi connectivity index (χ1v) is 8.17. The minimum atomic E-state index is 0.857. The molecule has 0 amide bonds. The fourth-order valence-corrected chi connectivity index (χ4v) is 3.74. The van der Waals surface area contributed by atoms with Gasteiger partial charge in [-0.1, -0.05) is 25.8 Å². The molecule has 110 valence electrons. The Hall–Kier alpha value is -0.930. The Morgan fingerprint density at radius 1 is 1.15 bits per heavy atom. The molecule has 0 aromatic carbocycles. The van der Waals surface area contributed by atoms with E-state index in [0.29, 0.717) is 0 Å². The van der Waals surface area contributed by atoms with Crippen molar-refractivity contribution in [2.24, 2.45) is 5.92 Å². The van der Waals surface area contributed by atoms with Crippen LogP contribution >= 0.6 is 0 Å². The second-order valence-electron chi connectivity index (χ2n) is 6.56. The molecular formula is C17H27N3. The van der Waals surface area contributed by atoms with Gasteiger partial charge in [0, 0.05) is 45.0 Å². The monoisotopic (exact) mass is 273 g/mol. The van der Waals surface area contributed by atoms with Crippen LogP contribution in [0.3, 0.4) is 0 Å². The van der Waals surface area contributed by atoms with Gasteiger partial charge in [0.25, 0.3) is 0 Å². The van der Waals surface area contributed by atoms with Gasteiger partial charge < -0.3 is 0 Å². The average Bonchev–Trinajstić information content (AvgIpc) is 2.49. The van der Waals surface area contributed by atoms with Gasteiger partial charge in [-0.2, -0.15) is 0 Å². The SMILES string of the molecule is C[C@@H]1CCC[C@@H](N2CCN(Cc3ccccn3)CC2)C1. The molecule has 0 N–H and O–H groups in total. The lowest BCUT2D eigenvalue weighted by molar-refractivity contribution is 0.0654. The summed E-state index contributed by atoms with van der Waals surface area (Å²) in [4.78, 5) is 9.72. The molecule has 3 nitrogen and oxygen atoms in total. The highest BCUT2D eigenvalue weighted by Gasteiger charge is 2.27. The Kier molecular flexibility index (Phi) is 4.69. The number of piperazine rings is 1. The van der Waals surface area contributed by atoms with Gasteiger partial charge in [-0.15, -0.1) is 0 Å². The molecule has 3 heteroatoms. The maximum Gasteiger partial charge on any atom is 0.0543 e. The highest BCUT2D eigenvalue weighted by molar-refractivity contribution is 5.03. The van der Waals surface area contributed by atoms with Crippen LogP contribution in [0.15, 0.2) is 24.4 Å². The summed E-state index contributed by atoms with van der Waals surface area (Å²) in [5.74, 6) is 0.931. The second-order valence-corrected chi connectivity index (χ2v) is 6.56. The lowest BCUT2D eigenvalue weighted by atomic mass is 9.86. The van der Waals surface area contributed by atoms with Crippen molar-refractivity contribution >= 4 is 0 Å². The molecule has 0 bridgehead atoms. The van der Waals surface area contributed by atoms with Gasteiger partial charge in [-0.25, -0.2) is 0 Å². The number of hydrogen-bond acceptors (Lipinski definition) is 3. The molecule has 1 aliphatic carbocycles. The fraction of sp³-hybridized carbons (Fsp3) is 0.706. The van der Waals surface area contributed by atoms with Crippen LogP contribution in [-0.2, 0) is 6.54 Å². The molecule has 2 fully saturated rings. The molecule has 1 saturated carbocycles.